The van der Waals surface area contributed by atoms with Crippen LogP contribution >= 0.6 is 0 Å². The summed E-state index contributed by atoms with van der Waals surface area (Å²) in [5.74, 6) is -0.657. The lowest BCUT2D eigenvalue weighted by atomic mass is 9.81. The van der Waals surface area contributed by atoms with Crippen LogP contribution in [0, 0.1) is 17.3 Å². The van der Waals surface area contributed by atoms with Gasteiger partial charge in [0.25, 0.3) is 0 Å². The monoisotopic (exact) mass is 484 g/mol. The molecule has 0 aromatic heterocycles. The van der Waals surface area contributed by atoms with Gasteiger partial charge in [0.15, 0.2) is 20.2 Å². The van der Waals surface area contributed by atoms with E-state index in [0.717, 1.165) is 0 Å². The molecule has 0 saturated carbocycles. The minimum atomic E-state index is -2.16. The Balaban J connectivity index is 2.33. The van der Waals surface area contributed by atoms with Gasteiger partial charge in [-0.3, -0.25) is 4.79 Å². The first-order chi connectivity index (χ1) is 14.9. The number of esters is 1. The van der Waals surface area contributed by atoms with Gasteiger partial charge in [-0.2, -0.15) is 0 Å². The molecule has 0 bridgehead atoms. The average Bonchev–Trinajstić information content (AvgIpc) is 2.89. The Bertz CT molecular complexity index is 710. The Kier molecular flexibility index (Phi) is 8.40. The highest BCUT2D eigenvalue weighted by Gasteiger charge is 2.58. The molecule has 33 heavy (non-hydrogen) atoms. The summed E-state index contributed by atoms with van der Waals surface area (Å²) < 4.78 is 31.3. The lowest BCUT2D eigenvalue weighted by molar-refractivity contribution is -0.328. The second-order valence-corrected chi connectivity index (χ2v) is 17.2. The molecule has 0 amide bonds. The van der Waals surface area contributed by atoms with E-state index >= 15 is 0 Å². The molecule has 0 N–H and O–H groups in total. The van der Waals surface area contributed by atoms with E-state index in [1.165, 1.54) is 0 Å². The third-order valence-corrected chi connectivity index (χ3v) is 12.4. The lowest BCUT2D eigenvalue weighted by Gasteiger charge is -2.48. The Morgan fingerprint density at radius 1 is 1.15 bits per heavy atom. The summed E-state index contributed by atoms with van der Waals surface area (Å²) in [4.78, 5) is 12.9. The van der Waals surface area contributed by atoms with Crippen molar-refractivity contribution in [2.24, 2.45) is 17.3 Å². The number of methoxy groups -OCH3 is 1. The first kappa shape index (κ1) is 28.5. The van der Waals surface area contributed by atoms with Gasteiger partial charge in [-0.05, 0) is 45.8 Å². The first-order valence-electron chi connectivity index (χ1n) is 12.3. The minimum absolute atomic E-state index is 0.0121. The molecular weight excluding hydrogens is 436 g/mol. The number of hydrogen-bond acceptors (Lipinski definition) is 6. The second-order valence-electron chi connectivity index (χ2n) is 12.5. The summed E-state index contributed by atoms with van der Waals surface area (Å²) in [6.07, 6.45) is 1.13. The van der Waals surface area contributed by atoms with Crippen molar-refractivity contribution in [1.82, 2.24) is 0 Å². The maximum Gasteiger partial charge on any atom is 0.314 e. The van der Waals surface area contributed by atoms with Crippen LogP contribution in [-0.4, -0.2) is 57.7 Å². The normalized spacial score (nSPS) is 33.9. The third kappa shape index (κ3) is 5.92. The molecular formula is C26H48O6Si. The van der Waals surface area contributed by atoms with Crippen molar-refractivity contribution in [3.05, 3.63) is 12.7 Å². The van der Waals surface area contributed by atoms with Crippen molar-refractivity contribution in [3.63, 3.8) is 0 Å². The van der Waals surface area contributed by atoms with E-state index in [-0.39, 0.29) is 47.3 Å². The molecule has 2 heterocycles. The predicted octanol–water partition coefficient (Wildman–Crippen LogP) is 5.71. The molecule has 0 unspecified atom stereocenters. The van der Waals surface area contributed by atoms with Crippen LogP contribution in [0.25, 0.3) is 0 Å². The molecule has 0 aromatic carbocycles. The number of carbonyl (C=O) groups is 1. The highest BCUT2D eigenvalue weighted by Crippen LogP contribution is 2.46. The van der Waals surface area contributed by atoms with Gasteiger partial charge in [-0.1, -0.05) is 40.7 Å². The molecule has 0 aliphatic carbocycles. The van der Waals surface area contributed by atoms with Gasteiger partial charge in [-0.15, -0.1) is 6.58 Å². The van der Waals surface area contributed by atoms with Crippen molar-refractivity contribution < 1.29 is 28.2 Å². The van der Waals surface area contributed by atoms with Crippen LogP contribution in [0.5, 0.6) is 0 Å². The number of hydrogen-bond donors (Lipinski definition) is 0. The molecule has 7 atom stereocenters. The SMILES string of the molecule is C=C[C@@H](C)[C@H]1OC(C)(C)O[C@@H](C[C@H](OC)[C@H]2OC(=O)C(C)(C)[C@H]2O[Si](C)(C)C(C)(C)C)[C@@H]1C. The molecule has 2 rings (SSSR count). The van der Waals surface area contributed by atoms with E-state index in [4.69, 9.17) is 23.4 Å². The van der Waals surface area contributed by atoms with E-state index < -0.39 is 25.6 Å². The zero-order valence-electron chi connectivity index (χ0n) is 23.0. The van der Waals surface area contributed by atoms with E-state index in [1.54, 1.807) is 7.11 Å². The van der Waals surface area contributed by atoms with Gasteiger partial charge in [-0.25, -0.2) is 0 Å². The van der Waals surface area contributed by atoms with Crippen LogP contribution in [0.2, 0.25) is 18.1 Å². The molecule has 2 aliphatic rings. The van der Waals surface area contributed by atoms with Gasteiger partial charge >= 0.3 is 5.97 Å². The van der Waals surface area contributed by atoms with Crippen LogP contribution in [0.15, 0.2) is 12.7 Å². The Labute approximate surface area is 202 Å². The van der Waals surface area contributed by atoms with Crippen LogP contribution < -0.4 is 0 Å². The van der Waals surface area contributed by atoms with Gasteiger partial charge in [0.1, 0.15) is 6.10 Å². The topological polar surface area (TPSA) is 63.2 Å². The van der Waals surface area contributed by atoms with Gasteiger partial charge < -0.3 is 23.4 Å². The quantitative estimate of drug-likeness (QED) is 0.250. The largest absolute Gasteiger partial charge is 0.456 e. The van der Waals surface area contributed by atoms with Crippen LogP contribution in [-0.2, 0) is 28.2 Å². The third-order valence-electron chi connectivity index (χ3n) is 7.99. The summed E-state index contributed by atoms with van der Waals surface area (Å²) in [5.41, 5.74) is -0.752. The number of ether oxygens (including phenoxy) is 4. The fourth-order valence-corrected chi connectivity index (χ4v) is 5.98. The van der Waals surface area contributed by atoms with Gasteiger partial charge in [0.2, 0.25) is 0 Å². The number of cyclic esters (lactones) is 1. The zero-order chi connectivity index (χ0) is 25.6. The number of carbonyl (C=O) groups excluding carboxylic acids is 1. The lowest BCUT2D eigenvalue weighted by Crippen LogP contribution is -2.55. The summed E-state index contributed by atoms with van der Waals surface area (Å²) in [6, 6.07) is 0. The van der Waals surface area contributed by atoms with E-state index in [9.17, 15) is 4.79 Å². The molecule has 2 aliphatic heterocycles. The van der Waals surface area contributed by atoms with E-state index in [2.05, 4.69) is 54.3 Å². The fraction of sp³-hybridized carbons (Fsp3) is 0.885. The van der Waals surface area contributed by atoms with Gasteiger partial charge in [0, 0.05) is 25.4 Å². The summed E-state index contributed by atoms with van der Waals surface area (Å²) in [5, 5.41) is 0.0121. The molecule has 0 aromatic rings. The van der Waals surface area contributed by atoms with Crippen molar-refractivity contribution >= 4 is 14.3 Å². The number of rotatable bonds is 8. The van der Waals surface area contributed by atoms with E-state index in [1.807, 2.05) is 33.8 Å². The van der Waals surface area contributed by atoms with Crippen LogP contribution in [0.1, 0.15) is 68.7 Å². The predicted molar refractivity (Wildman–Crippen MR) is 133 cm³/mol. The Morgan fingerprint density at radius 3 is 2.21 bits per heavy atom. The highest BCUT2D eigenvalue weighted by molar-refractivity contribution is 6.74. The van der Waals surface area contributed by atoms with Crippen molar-refractivity contribution in [2.45, 2.75) is 123 Å². The smallest absolute Gasteiger partial charge is 0.314 e. The highest BCUT2D eigenvalue weighted by atomic mass is 28.4. The summed E-state index contributed by atoms with van der Waals surface area (Å²) in [7, 11) is -0.486. The Hall–Kier alpha value is -0.733. The maximum atomic E-state index is 12.9. The van der Waals surface area contributed by atoms with Crippen molar-refractivity contribution in [3.8, 4) is 0 Å². The molecule has 7 heteroatoms. The minimum Gasteiger partial charge on any atom is -0.456 e. The average molecular weight is 485 g/mol. The summed E-state index contributed by atoms with van der Waals surface area (Å²) in [6.45, 7) is 26.9. The molecule has 0 spiro atoms. The van der Waals surface area contributed by atoms with Crippen molar-refractivity contribution in [2.75, 3.05) is 7.11 Å². The van der Waals surface area contributed by atoms with Gasteiger partial charge in [0.05, 0.1) is 23.7 Å². The fourth-order valence-electron chi connectivity index (χ4n) is 4.57. The second kappa shape index (κ2) is 9.73. The molecule has 2 saturated heterocycles. The zero-order valence-corrected chi connectivity index (χ0v) is 24.0. The summed E-state index contributed by atoms with van der Waals surface area (Å²) >= 11 is 0. The molecule has 6 nitrogen and oxygen atoms in total. The molecule has 192 valence electrons. The van der Waals surface area contributed by atoms with Crippen LogP contribution in [0.3, 0.4) is 0 Å². The maximum absolute atomic E-state index is 12.9. The molecule has 0 radical (unpaired) electrons. The van der Waals surface area contributed by atoms with Crippen molar-refractivity contribution in [1.29, 1.82) is 0 Å². The van der Waals surface area contributed by atoms with E-state index in [0.29, 0.717) is 6.42 Å². The molecule has 2 fully saturated rings. The standard InChI is InChI=1S/C26H48O6Si/c1-14-16(2)20-17(3)18(30-26(9,10)31-20)15-19(28-11)21-22(25(7,8)23(27)29-21)32-33(12,13)24(4,5)6/h14,16-22H,1,15H2,2-13H3/t16-,17+,18+,19+,20-,21-,22+/m1/s1. The first-order valence-corrected chi connectivity index (χ1v) is 15.2. The Morgan fingerprint density at radius 2 is 1.73 bits per heavy atom. The van der Waals surface area contributed by atoms with Crippen LogP contribution in [0.4, 0.5) is 0 Å².